The molecule has 164 valence electrons. The number of hydrogen-bond donors (Lipinski definition) is 0. The Balaban J connectivity index is 1.52. The van der Waals surface area contributed by atoms with Crippen LogP contribution in [0.2, 0.25) is 0 Å². The average molecular weight is 439 g/mol. The molecule has 0 unspecified atom stereocenters. The third-order valence-electron chi connectivity index (χ3n) is 4.80. The fraction of sp³-hybridized carbons (Fsp3) is 0.0741. The molecule has 0 N–H and O–H groups in total. The van der Waals surface area contributed by atoms with E-state index in [0.29, 0.717) is 11.3 Å². The van der Waals surface area contributed by atoms with Gasteiger partial charge in [-0.1, -0.05) is 54.1 Å². The molecule has 6 nitrogen and oxygen atoms in total. The Morgan fingerprint density at radius 3 is 2.52 bits per heavy atom. The number of carbonyl (C=O) groups excluding carboxylic acids is 2. The lowest BCUT2D eigenvalue weighted by Gasteiger charge is -2.08. The summed E-state index contributed by atoms with van der Waals surface area (Å²) in [6.07, 6.45) is 4.61. The summed E-state index contributed by atoms with van der Waals surface area (Å²) in [7, 11) is 1.47. The van der Waals surface area contributed by atoms with Gasteiger partial charge in [0.05, 0.1) is 7.11 Å². The van der Waals surface area contributed by atoms with Gasteiger partial charge >= 0.3 is 11.9 Å². The second kappa shape index (κ2) is 9.78. The third kappa shape index (κ3) is 5.43. The largest absolute Gasteiger partial charge is 0.493 e. The SMILES string of the molecule is COc1cc(/C=C2\N=C(c3cccc(C)c3)OC2=O)ccc1OC(=O)/C=C/c1ccccc1. The zero-order valence-electron chi connectivity index (χ0n) is 18.1. The highest BCUT2D eigenvalue weighted by atomic mass is 16.6. The number of rotatable bonds is 6. The number of nitrogens with zero attached hydrogens (tertiary/aromatic N) is 1. The second-order valence-corrected chi connectivity index (χ2v) is 7.28. The number of hydrogen-bond acceptors (Lipinski definition) is 6. The number of ether oxygens (including phenoxy) is 3. The fourth-order valence-electron chi connectivity index (χ4n) is 3.20. The van der Waals surface area contributed by atoms with Crippen molar-refractivity contribution in [3.8, 4) is 11.5 Å². The molecule has 0 atom stereocenters. The van der Waals surface area contributed by atoms with Crippen molar-refractivity contribution in [2.45, 2.75) is 6.92 Å². The van der Waals surface area contributed by atoms with Crippen molar-refractivity contribution in [2.75, 3.05) is 7.11 Å². The van der Waals surface area contributed by atoms with E-state index >= 15 is 0 Å². The van der Waals surface area contributed by atoms with Gasteiger partial charge in [-0.3, -0.25) is 0 Å². The van der Waals surface area contributed by atoms with Gasteiger partial charge in [-0.2, -0.15) is 0 Å². The van der Waals surface area contributed by atoms with Crippen LogP contribution < -0.4 is 9.47 Å². The van der Waals surface area contributed by atoms with Gasteiger partial charge in [-0.25, -0.2) is 14.6 Å². The van der Waals surface area contributed by atoms with Crippen LogP contribution in [0, 0.1) is 6.92 Å². The summed E-state index contributed by atoms with van der Waals surface area (Å²) in [5, 5.41) is 0. The van der Waals surface area contributed by atoms with Gasteiger partial charge in [0.2, 0.25) is 5.90 Å². The summed E-state index contributed by atoms with van der Waals surface area (Å²) in [6, 6.07) is 22.0. The van der Waals surface area contributed by atoms with Crippen molar-refractivity contribution in [1.82, 2.24) is 0 Å². The summed E-state index contributed by atoms with van der Waals surface area (Å²) in [5.41, 5.74) is 3.47. The Labute approximate surface area is 191 Å². The zero-order valence-corrected chi connectivity index (χ0v) is 18.1. The van der Waals surface area contributed by atoms with E-state index in [-0.39, 0.29) is 17.3 Å². The molecular formula is C27H21NO5. The van der Waals surface area contributed by atoms with Crippen molar-refractivity contribution >= 4 is 30.0 Å². The van der Waals surface area contributed by atoms with Gasteiger partial charge in [0, 0.05) is 11.6 Å². The van der Waals surface area contributed by atoms with Crippen LogP contribution in [0.1, 0.15) is 22.3 Å². The molecule has 6 heteroatoms. The van der Waals surface area contributed by atoms with E-state index in [1.807, 2.05) is 61.5 Å². The molecule has 4 rings (SSSR count). The number of aliphatic imine (C=N–C) groups is 1. The first-order chi connectivity index (χ1) is 16.0. The summed E-state index contributed by atoms with van der Waals surface area (Å²) in [4.78, 5) is 28.8. The Morgan fingerprint density at radius 2 is 1.76 bits per heavy atom. The average Bonchev–Trinajstić information content (AvgIpc) is 3.19. The Morgan fingerprint density at radius 1 is 0.939 bits per heavy atom. The molecule has 0 spiro atoms. The van der Waals surface area contributed by atoms with Crippen LogP contribution in [0.25, 0.3) is 12.2 Å². The van der Waals surface area contributed by atoms with Crippen LogP contribution in [0.15, 0.2) is 89.6 Å². The molecule has 0 aliphatic carbocycles. The maximum absolute atomic E-state index is 12.3. The molecule has 1 aliphatic heterocycles. The van der Waals surface area contributed by atoms with Gasteiger partial charge < -0.3 is 14.2 Å². The van der Waals surface area contributed by atoms with Crippen molar-refractivity contribution in [2.24, 2.45) is 4.99 Å². The van der Waals surface area contributed by atoms with Gasteiger partial charge in [0.1, 0.15) is 0 Å². The van der Waals surface area contributed by atoms with E-state index in [1.54, 1.807) is 30.4 Å². The first-order valence-corrected chi connectivity index (χ1v) is 10.2. The number of carbonyl (C=O) groups is 2. The highest BCUT2D eigenvalue weighted by Crippen LogP contribution is 2.30. The number of cyclic esters (lactones) is 1. The van der Waals surface area contributed by atoms with E-state index in [1.165, 1.54) is 13.2 Å². The Kier molecular flexibility index (Phi) is 6.45. The minimum absolute atomic E-state index is 0.170. The topological polar surface area (TPSA) is 74.2 Å². The summed E-state index contributed by atoms with van der Waals surface area (Å²) in [6.45, 7) is 1.95. The van der Waals surface area contributed by atoms with Crippen LogP contribution in [-0.2, 0) is 14.3 Å². The van der Waals surface area contributed by atoms with Crippen molar-refractivity contribution < 1.29 is 23.8 Å². The van der Waals surface area contributed by atoms with Crippen LogP contribution in [0.3, 0.4) is 0 Å². The summed E-state index contributed by atoms with van der Waals surface area (Å²) in [5.74, 6) is -0.194. The molecule has 0 saturated carbocycles. The quantitative estimate of drug-likeness (QED) is 0.308. The van der Waals surface area contributed by atoms with Gasteiger partial charge in [0.15, 0.2) is 17.2 Å². The lowest BCUT2D eigenvalue weighted by atomic mass is 10.1. The van der Waals surface area contributed by atoms with Crippen molar-refractivity contribution in [3.05, 3.63) is 107 Å². The number of methoxy groups -OCH3 is 1. The maximum Gasteiger partial charge on any atom is 0.363 e. The van der Waals surface area contributed by atoms with Crippen LogP contribution >= 0.6 is 0 Å². The first-order valence-electron chi connectivity index (χ1n) is 10.2. The van der Waals surface area contributed by atoms with Crippen LogP contribution in [-0.4, -0.2) is 24.9 Å². The van der Waals surface area contributed by atoms with Crippen molar-refractivity contribution in [1.29, 1.82) is 0 Å². The van der Waals surface area contributed by atoms with Gasteiger partial charge in [-0.05, 0) is 54.5 Å². The first kappa shape index (κ1) is 21.8. The highest BCUT2D eigenvalue weighted by molar-refractivity contribution is 6.12. The predicted octanol–water partition coefficient (Wildman–Crippen LogP) is 4.97. The minimum atomic E-state index is -0.535. The molecule has 0 amide bonds. The van der Waals surface area contributed by atoms with Crippen LogP contribution in [0.4, 0.5) is 0 Å². The zero-order chi connectivity index (χ0) is 23.2. The second-order valence-electron chi connectivity index (χ2n) is 7.28. The lowest BCUT2D eigenvalue weighted by molar-refractivity contribution is -0.130. The van der Waals surface area contributed by atoms with Gasteiger partial charge in [0.25, 0.3) is 0 Å². The molecule has 1 aliphatic rings. The fourth-order valence-corrected chi connectivity index (χ4v) is 3.20. The number of aryl methyl sites for hydroxylation is 1. The van der Waals surface area contributed by atoms with E-state index in [0.717, 1.165) is 16.7 Å². The molecule has 0 saturated heterocycles. The molecule has 0 fully saturated rings. The molecule has 3 aromatic carbocycles. The standard InChI is InChI=1S/C27H21NO5/c1-18-7-6-10-21(15-18)26-28-22(27(30)33-26)16-20-11-13-23(24(17-20)31-2)32-25(29)14-12-19-8-4-3-5-9-19/h3-17H,1-2H3/b14-12+,22-16-. The summed E-state index contributed by atoms with van der Waals surface area (Å²) < 4.78 is 16.1. The molecular weight excluding hydrogens is 418 g/mol. The van der Waals surface area contributed by atoms with E-state index in [9.17, 15) is 9.59 Å². The van der Waals surface area contributed by atoms with E-state index in [4.69, 9.17) is 14.2 Å². The van der Waals surface area contributed by atoms with Crippen LogP contribution in [0.5, 0.6) is 11.5 Å². The normalized spacial score (nSPS) is 14.3. The maximum atomic E-state index is 12.3. The number of benzene rings is 3. The molecule has 0 bridgehead atoms. The van der Waals surface area contributed by atoms with E-state index in [2.05, 4.69) is 4.99 Å². The number of esters is 2. The molecule has 33 heavy (non-hydrogen) atoms. The molecule has 0 radical (unpaired) electrons. The Bertz CT molecular complexity index is 1290. The summed E-state index contributed by atoms with van der Waals surface area (Å²) >= 11 is 0. The molecule has 1 heterocycles. The van der Waals surface area contributed by atoms with Gasteiger partial charge in [-0.15, -0.1) is 0 Å². The Hall–Kier alpha value is -4.45. The smallest absolute Gasteiger partial charge is 0.363 e. The molecule has 3 aromatic rings. The lowest BCUT2D eigenvalue weighted by Crippen LogP contribution is -2.05. The molecule has 0 aromatic heterocycles. The predicted molar refractivity (Wildman–Crippen MR) is 126 cm³/mol. The minimum Gasteiger partial charge on any atom is -0.493 e. The third-order valence-corrected chi connectivity index (χ3v) is 4.80. The highest BCUT2D eigenvalue weighted by Gasteiger charge is 2.24. The monoisotopic (exact) mass is 439 g/mol. The van der Waals surface area contributed by atoms with E-state index < -0.39 is 11.9 Å². The van der Waals surface area contributed by atoms with Crippen molar-refractivity contribution in [3.63, 3.8) is 0 Å².